The molecule has 20 heavy (non-hydrogen) atoms. The molecule has 0 saturated carbocycles. The smallest absolute Gasteiger partial charge is 0.418 e. The van der Waals surface area contributed by atoms with Gasteiger partial charge in [-0.1, -0.05) is 52.3 Å². The van der Waals surface area contributed by atoms with Gasteiger partial charge in [-0.3, -0.25) is 4.57 Å². The van der Waals surface area contributed by atoms with E-state index >= 15 is 0 Å². The van der Waals surface area contributed by atoms with Gasteiger partial charge in [0.25, 0.3) is 0 Å². The summed E-state index contributed by atoms with van der Waals surface area (Å²) in [6.45, 7) is 0.271. The first kappa shape index (κ1) is 12.9. The van der Waals surface area contributed by atoms with E-state index in [-0.39, 0.29) is 12.7 Å². The van der Waals surface area contributed by atoms with E-state index in [1.165, 1.54) is 4.57 Å². The Morgan fingerprint density at radius 1 is 1.10 bits per heavy atom. The molecule has 0 radical (unpaired) electrons. The Morgan fingerprint density at radius 2 is 1.90 bits per heavy atom. The van der Waals surface area contributed by atoms with Gasteiger partial charge in [-0.2, -0.15) is 0 Å². The van der Waals surface area contributed by atoms with Crippen molar-refractivity contribution in [3.8, 4) is 0 Å². The summed E-state index contributed by atoms with van der Waals surface area (Å²) in [6.07, 6.45) is 1.35. The number of halogens is 1. The van der Waals surface area contributed by atoms with Gasteiger partial charge in [-0.15, -0.1) is 0 Å². The molecule has 0 bridgehead atoms. The number of rotatable bonds is 2. The van der Waals surface area contributed by atoms with Crippen molar-refractivity contribution in [2.24, 2.45) is 0 Å². The molecule has 0 N–H and O–H groups in total. The number of hydrogen-bond donors (Lipinski definition) is 0. The molecule has 0 aliphatic heterocycles. The Balaban J connectivity index is 1.80. The summed E-state index contributed by atoms with van der Waals surface area (Å²) in [5.41, 5.74) is 1.80. The molecule has 0 spiro atoms. The quantitative estimate of drug-likeness (QED) is 0.688. The Bertz CT molecular complexity index is 750. The molecule has 3 aromatic rings. The van der Waals surface area contributed by atoms with Gasteiger partial charge >= 0.3 is 6.09 Å². The highest BCUT2D eigenvalue weighted by Gasteiger charge is 2.10. The largest absolute Gasteiger partial charge is 0.444 e. The zero-order valence-corrected chi connectivity index (χ0v) is 12.2. The number of carbonyl (C=O) groups excluding carboxylic acids is 1. The van der Waals surface area contributed by atoms with Crippen molar-refractivity contribution in [1.82, 2.24) is 4.57 Å². The Morgan fingerprint density at radius 3 is 2.70 bits per heavy atom. The Hall–Kier alpha value is -2.07. The van der Waals surface area contributed by atoms with Gasteiger partial charge in [-0.05, 0) is 23.8 Å². The second kappa shape index (κ2) is 5.51. The number of fused-ring (bicyclic) bond motifs is 1. The molecule has 2 aromatic carbocycles. The molecule has 3 nitrogen and oxygen atoms in total. The van der Waals surface area contributed by atoms with Crippen molar-refractivity contribution in [2.45, 2.75) is 6.61 Å². The van der Waals surface area contributed by atoms with Crippen LogP contribution in [0.1, 0.15) is 5.56 Å². The van der Waals surface area contributed by atoms with Gasteiger partial charge < -0.3 is 4.74 Å². The van der Waals surface area contributed by atoms with Crippen LogP contribution in [0.4, 0.5) is 4.79 Å². The van der Waals surface area contributed by atoms with Gasteiger partial charge in [0.2, 0.25) is 0 Å². The predicted octanol–water partition coefficient (Wildman–Crippen LogP) is 4.59. The molecule has 0 fully saturated rings. The number of benzene rings is 2. The minimum Gasteiger partial charge on any atom is -0.444 e. The molecule has 4 heteroatoms. The van der Waals surface area contributed by atoms with Crippen molar-refractivity contribution in [1.29, 1.82) is 0 Å². The van der Waals surface area contributed by atoms with E-state index in [2.05, 4.69) is 15.9 Å². The third kappa shape index (κ3) is 2.60. The van der Waals surface area contributed by atoms with Crippen LogP contribution >= 0.6 is 15.9 Å². The zero-order chi connectivity index (χ0) is 13.9. The first-order valence-electron chi connectivity index (χ1n) is 6.22. The lowest BCUT2D eigenvalue weighted by atomic mass is 10.2. The minimum atomic E-state index is -0.373. The van der Waals surface area contributed by atoms with Crippen molar-refractivity contribution in [3.05, 3.63) is 70.8 Å². The number of aromatic nitrogens is 1. The highest BCUT2D eigenvalue weighted by Crippen LogP contribution is 2.21. The highest BCUT2D eigenvalue weighted by molar-refractivity contribution is 9.10. The van der Waals surface area contributed by atoms with Crippen LogP contribution in [0.2, 0.25) is 0 Å². The summed E-state index contributed by atoms with van der Waals surface area (Å²) in [5, 5.41) is 1.00. The van der Waals surface area contributed by atoms with E-state index in [9.17, 15) is 4.79 Å². The lowest BCUT2D eigenvalue weighted by Gasteiger charge is -2.06. The van der Waals surface area contributed by atoms with E-state index in [1.54, 1.807) is 6.20 Å². The summed E-state index contributed by atoms with van der Waals surface area (Å²) >= 11 is 3.41. The van der Waals surface area contributed by atoms with Gasteiger partial charge in [0.05, 0.1) is 5.52 Å². The number of ether oxygens (including phenoxy) is 1. The molecule has 0 unspecified atom stereocenters. The molecule has 0 amide bonds. The van der Waals surface area contributed by atoms with E-state index in [0.717, 1.165) is 20.9 Å². The average molecular weight is 330 g/mol. The fourth-order valence-electron chi connectivity index (χ4n) is 2.05. The van der Waals surface area contributed by atoms with Gasteiger partial charge in [0, 0.05) is 16.1 Å². The van der Waals surface area contributed by atoms with Crippen LogP contribution < -0.4 is 0 Å². The Labute approximate surface area is 124 Å². The molecule has 3 rings (SSSR count). The van der Waals surface area contributed by atoms with Gasteiger partial charge in [0.15, 0.2) is 0 Å². The molecule has 1 aromatic heterocycles. The first-order chi connectivity index (χ1) is 9.74. The monoisotopic (exact) mass is 329 g/mol. The second-order valence-corrected chi connectivity index (χ2v) is 5.34. The van der Waals surface area contributed by atoms with Crippen LogP contribution in [-0.2, 0) is 11.3 Å². The van der Waals surface area contributed by atoms with Crippen LogP contribution in [0.25, 0.3) is 10.9 Å². The van der Waals surface area contributed by atoms with Crippen LogP contribution in [0.5, 0.6) is 0 Å². The standard InChI is InChI=1S/C16H12BrNO2/c17-14-7-6-13-8-9-18(15(13)10-14)16(19)20-11-12-4-2-1-3-5-12/h1-10H,11H2. The third-order valence-electron chi connectivity index (χ3n) is 3.06. The summed E-state index contributed by atoms with van der Waals surface area (Å²) in [4.78, 5) is 12.1. The molecule has 0 aliphatic rings. The number of hydrogen-bond acceptors (Lipinski definition) is 2. The number of nitrogens with zero attached hydrogens (tertiary/aromatic N) is 1. The predicted molar refractivity (Wildman–Crippen MR) is 81.7 cm³/mol. The lowest BCUT2D eigenvalue weighted by molar-refractivity contribution is 0.142. The molecule has 0 aliphatic carbocycles. The minimum absolute atomic E-state index is 0.271. The van der Waals surface area contributed by atoms with E-state index in [0.29, 0.717) is 0 Å². The van der Waals surface area contributed by atoms with Crippen LogP contribution in [0.15, 0.2) is 65.3 Å². The molecule has 0 atom stereocenters. The molecule has 1 heterocycles. The van der Waals surface area contributed by atoms with Crippen molar-refractivity contribution < 1.29 is 9.53 Å². The van der Waals surface area contributed by atoms with Crippen molar-refractivity contribution >= 4 is 32.9 Å². The van der Waals surface area contributed by atoms with E-state index < -0.39 is 0 Å². The number of carbonyl (C=O) groups is 1. The van der Waals surface area contributed by atoms with Crippen LogP contribution in [-0.4, -0.2) is 10.7 Å². The summed E-state index contributed by atoms with van der Waals surface area (Å²) in [7, 11) is 0. The van der Waals surface area contributed by atoms with Gasteiger partial charge in [0.1, 0.15) is 6.61 Å². The van der Waals surface area contributed by atoms with E-state index in [4.69, 9.17) is 4.74 Å². The fraction of sp³-hybridized carbons (Fsp3) is 0.0625. The maximum absolute atomic E-state index is 12.1. The highest BCUT2D eigenvalue weighted by atomic mass is 79.9. The molecule has 0 saturated heterocycles. The summed E-state index contributed by atoms with van der Waals surface area (Å²) in [6, 6.07) is 17.3. The Kier molecular flexibility index (Phi) is 3.56. The molecule has 100 valence electrons. The lowest BCUT2D eigenvalue weighted by Crippen LogP contribution is -2.12. The fourth-order valence-corrected chi connectivity index (χ4v) is 2.40. The molecular weight excluding hydrogens is 318 g/mol. The van der Waals surface area contributed by atoms with Crippen molar-refractivity contribution in [2.75, 3.05) is 0 Å². The van der Waals surface area contributed by atoms with E-state index in [1.807, 2.05) is 54.6 Å². The first-order valence-corrected chi connectivity index (χ1v) is 7.01. The third-order valence-corrected chi connectivity index (χ3v) is 3.55. The van der Waals surface area contributed by atoms with Crippen LogP contribution in [0, 0.1) is 0 Å². The normalized spacial score (nSPS) is 10.7. The summed E-state index contributed by atoms with van der Waals surface area (Å²) < 4.78 is 7.78. The van der Waals surface area contributed by atoms with Crippen molar-refractivity contribution in [3.63, 3.8) is 0 Å². The second-order valence-electron chi connectivity index (χ2n) is 4.43. The topological polar surface area (TPSA) is 31.2 Å². The van der Waals surface area contributed by atoms with Crippen LogP contribution in [0.3, 0.4) is 0 Å². The SMILES string of the molecule is O=C(OCc1ccccc1)n1ccc2ccc(Br)cc21. The summed E-state index contributed by atoms with van der Waals surface area (Å²) in [5.74, 6) is 0. The van der Waals surface area contributed by atoms with Gasteiger partial charge in [-0.25, -0.2) is 4.79 Å². The maximum atomic E-state index is 12.1. The average Bonchev–Trinajstić information content (AvgIpc) is 2.89. The maximum Gasteiger partial charge on any atom is 0.418 e. The molecular formula is C16H12BrNO2. The zero-order valence-electron chi connectivity index (χ0n) is 10.6.